The molecule has 1 aliphatic rings. The maximum Gasteiger partial charge on any atom is 0.417 e. The molecular formula is C19H19F6N3O4S. The van der Waals surface area contributed by atoms with E-state index < -0.39 is 69.4 Å². The molecule has 0 spiro atoms. The molecule has 1 aromatic heterocycles. The van der Waals surface area contributed by atoms with Crippen LogP contribution in [0.2, 0.25) is 0 Å². The summed E-state index contributed by atoms with van der Waals surface area (Å²) in [5.74, 6) is -1.13. The van der Waals surface area contributed by atoms with Crippen LogP contribution in [-0.4, -0.2) is 55.3 Å². The Morgan fingerprint density at radius 2 is 1.82 bits per heavy atom. The molecule has 0 amide bonds. The molecule has 14 heteroatoms. The number of methoxy groups -OCH3 is 1. The highest BCUT2D eigenvalue weighted by Crippen LogP contribution is 2.39. The monoisotopic (exact) mass is 499 g/mol. The predicted molar refractivity (Wildman–Crippen MR) is 103 cm³/mol. The fourth-order valence-corrected chi connectivity index (χ4v) is 5.72. The zero-order valence-electron chi connectivity index (χ0n) is 17.3. The number of hydrogen-bond acceptors (Lipinski definition) is 6. The molecule has 0 bridgehead atoms. The molecule has 7 nitrogen and oxygen atoms in total. The number of benzene rings is 1. The fraction of sp³-hybridized carbons (Fsp3) is 0.474. The third-order valence-corrected chi connectivity index (χ3v) is 7.37. The number of carbonyl (C=O) groups is 1. The van der Waals surface area contributed by atoms with Crippen molar-refractivity contribution in [1.82, 2.24) is 9.78 Å². The Morgan fingerprint density at radius 3 is 2.39 bits per heavy atom. The van der Waals surface area contributed by atoms with Crippen LogP contribution < -0.4 is 4.90 Å². The van der Waals surface area contributed by atoms with Gasteiger partial charge in [-0.25, -0.2) is 17.9 Å². The summed E-state index contributed by atoms with van der Waals surface area (Å²) >= 11 is 0. The predicted octanol–water partition coefficient (Wildman–Crippen LogP) is 3.37. The van der Waals surface area contributed by atoms with Gasteiger partial charge in [-0.1, -0.05) is 12.1 Å². The summed E-state index contributed by atoms with van der Waals surface area (Å²) in [4.78, 5) is 12.5. The number of aromatic nitrogens is 2. The van der Waals surface area contributed by atoms with Crippen molar-refractivity contribution in [3.05, 3.63) is 41.6 Å². The number of esters is 1. The van der Waals surface area contributed by atoms with Crippen molar-refractivity contribution in [2.45, 2.75) is 48.4 Å². The molecule has 0 radical (unpaired) electrons. The van der Waals surface area contributed by atoms with Crippen molar-refractivity contribution in [3.8, 4) is 0 Å². The van der Waals surface area contributed by atoms with E-state index in [9.17, 15) is 39.6 Å². The lowest BCUT2D eigenvalue weighted by Gasteiger charge is -2.25. The van der Waals surface area contributed by atoms with Gasteiger partial charge in [-0.05, 0) is 25.5 Å². The maximum atomic E-state index is 13.4. The summed E-state index contributed by atoms with van der Waals surface area (Å²) in [6.07, 6.45) is -10.1. The van der Waals surface area contributed by atoms with Gasteiger partial charge in [-0.3, -0.25) is 0 Å². The number of alkyl halides is 6. The Balaban J connectivity index is 2.05. The molecule has 0 aliphatic carbocycles. The lowest BCUT2D eigenvalue weighted by molar-refractivity contribution is -0.142. The molecule has 2 aromatic rings. The highest BCUT2D eigenvalue weighted by Gasteiger charge is 2.47. The average molecular weight is 499 g/mol. The minimum atomic E-state index is -4.95. The van der Waals surface area contributed by atoms with Crippen LogP contribution in [0.1, 0.15) is 17.7 Å². The van der Waals surface area contributed by atoms with Gasteiger partial charge in [0.1, 0.15) is 18.4 Å². The van der Waals surface area contributed by atoms with Gasteiger partial charge < -0.3 is 9.64 Å². The lowest BCUT2D eigenvalue weighted by atomic mass is 10.2. The molecule has 0 saturated carbocycles. The van der Waals surface area contributed by atoms with Gasteiger partial charge in [-0.15, -0.1) is 0 Å². The topological polar surface area (TPSA) is 81.5 Å². The first-order valence-corrected chi connectivity index (χ1v) is 11.1. The molecule has 1 saturated heterocycles. The number of aryl methyl sites for hydroxylation is 1. The summed E-state index contributed by atoms with van der Waals surface area (Å²) in [7, 11) is -3.62. The molecule has 2 unspecified atom stereocenters. The zero-order chi connectivity index (χ0) is 24.8. The number of ether oxygens (including phenoxy) is 1. The summed E-state index contributed by atoms with van der Waals surface area (Å²) in [5.41, 5.74) is -1.19. The number of halogens is 6. The molecule has 33 heavy (non-hydrogen) atoms. The van der Waals surface area contributed by atoms with Crippen LogP contribution >= 0.6 is 0 Å². The molecule has 3 rings (SSSR count). The van der Waals surface area contributed by atoms with E-state index in [0.717, 1.165) is 30.2 Å². The summed E-state index contributed by atoms with van der Waals surface area (Å²) < 4.78 is 111. The molecule has 1 aromatic carbocycles. The van der Waals surface area contributed by atoms with E-state index >= 15 is 0 Å². The molecule has 1 fully saturated rings. The van der Waals surface area contributed by atoms with Crippen molar-refractivity contribution in [2.75, 3.05) is 18.6 Å². The quantitative estimate of drug-likeness (QED) is 0.464. The van der Waals surface area contributed by atoms with Gasteiger partial charge in [0.25, 0.3) is 0 Å². The molecule has 182 valence electrons. The summed E-state index contributed by atoms with van der Waals surface area (Å²) in [6.45, 7) is -0.625. The summed E-state index contributed by atoms with van der Waals surface area (Å²) in [5, 5.41) is 2.24. The van der Waals surface area contributed by atoms with E-state index in [0.29, 0.717) is 10.7 Å². The molecule has 2 heterocycles. The lowest BCUT2D eigenvalue weighted by Crippen LogP contribution is -2.39. The van der Waals surface area contributed by atoms with Crippen LogP contribution in [0.5, 0.6) is 0 Å². The first-order chi connectivity index (χ1) is 15.1. The van der Waals surface area contributed by atoms with E-state index in [1.54, 1.807) is 0 Å². The van der Waals surface area contributed by atoms with Crippen LogP contribution in [0, 0.1) is 6.92 Å². The Bertz CT molecular complexity index is 1140. The van der Waals surface area contributed by atoms with Crippen LogP contribution in [-0.2, 0) is 32.1 Å². The van der Waals surface area contributed by atoms with E-state index in [4.69, 9.17) is 0 Å². The molecule has 1 aliphatic heterocycles. The van der Waals surface area contributed by atoms with Crippen molar-refractivity contribution in [2.24, 2.45) is 0 Å². The summed E-state index contributed by atoms with van der Waals surface area (Å²) in [6, 6.07) is 3.51. The number of nitrogens with zero attached hydrogens (tertiary/aromatic N) is 3. The zero-order valence-corrected chi connectivity index (χ0v) is 18.1. The Labute approximate surface area is 184 Å². The number of hydrogen-bond donors (Lipinski definition) is 0. The largest absolute Gasteiger partial charge is 0.467 e. The number of sulfone groups is 1. The fourth-order valence-electron chi connectivity index (χ4n) is 3.81. The van der Waals surface area contributed by atoms with E-state index in [-0.39, 0.29) is 11.5 Å². The number of carbonyl (C=O) groups excluding carboxylic acids is 1. The Hall–Kier alpha value is -2.77. The SMILES string of the molecule is COC(=O)C1CC(S(=O)(=O)c2ccccc2C(F)(F)F)CN1c1cc(C)nn1CC(F)(F)F. The van der Waals surface area contributed by atoms with Gasteiger partial charge in [0, 0.05) is 12.6 Å². The second-order valence-electron chi connectivity index (χ2n) is 7.50. The second kappa shape index (κ2) is 8.54. The van der Waals surface area contributed by atoms with Crippen molar-refractivity contribution in [1.29, 1.82) is 0 Å². The van der Waals surface area contributed by atoms with Crippen molar-refractivity contribution in [3.63, 3.8) is 0 Å². The van der Waals surface area contributed by atoms with Crippen molar-refractivity contribution >= 4 is 21.6 Å². The van der Waals surface area contributed by atoms with E-state index in [2.05, 4.69) is 9.84 Å². The Kier molecular flexibility index (Phi) is 6.43. The standard InChI is InChI=1S/C19H19F6N3O4S/c1-11-7-16(28(26-11)10-18(20,21)22)27-9-12(8-14(27)17(29)32-2)33(30,31)15-6-4-3-5-13(15)19(23,24)25/h3-7,12,14H,8-10H2,1-2H3. The second-order valence-corrected chi connectivity index (χ2v) is 9.70. The number of anilines is 1. The van der Waals surface area contributed by atoms with Gasteiger partial charge in [0.05, 0.1) is 28.5 Å². The van der Waals surface area contributed by atoms with Gasteiger partial charge >= 0.3 is 18.3 Å². The first-order valence-electron chi connectivity index (χ1n) is 9.51. The van der Waals surface area contributed by atoms with Gasteiger partial charge in [0.2, 0.25) is 0 Å². The molecular weight excluding hydrogens is 480 g/mol. The van der Waals surface area contributed by atoms with E-state index in [1.807, 2.05) is 0 Å². The third-order valence-electron chi connectivity index (χ3n) is 5.18. The minimum Gasteiger partial charge on any atom is -0.467 e. The van der Waals surface area contributed by atoms with Crippen LogP contribution in [0.15, 0.2) is 35.2 Å². The van der Waals surface area contributed by atoms with Gasteiger partial charge in [0.15, 0.2) is 9.84 Å². The van der Waals surface area contributed by atoms with Crippen LogP contribution in [0.3, 0.4) is 0 Å². The number of rotatable bonds is 5. The molecule has 0 N–H and O–H groups in total. The third kappa shape index (κ3) is 5.09. The minimum absolute atomic E-state index is 0.173. The van der Waals surface area contributed by atoms with E-state index in [1.165, 1.54) is 13.0 Å². The van der Waals surface area contributed by atoms with Crippen LogP contribution in [0.4, 0.5) is 32.2 Å². The smallest absolute Gasteiger partial charge is 0.417 e. The maximum absolute atomic E-state index is 13.4. The first kappa shape index (κ1) is 24.9. The van der Waals surface area contributed by atoms with Gasteiger partial charge in [-0.2, -0.15) is 31.4 Å². The van der Waals surface area contributed by atoms with Crippen LogP contribution in [0.25, 0.3) is 0 Å². The Morgan fingerprint density at radius 1 is 1.18 bits per heavy atom. The highest BCUT2D eigenvalue weighted by molar-refractivity contribution is 7.92. The normalized spacial score (nSPS) is 19.7. The van der Waals surface area contributed by atoms with Crippen molar-refractivity contribution < 1.29 is 44.3 Å². The average Bonchev–Trinajstić information content (AvgIpc) is 3.29. The highest BCUT2D eigenvalue weighted by atomic mass is 32.2. The molecule has 2 atom stereocenters.